The average molecular weight is 338 g/mol. The first-order valence-corrected chi connectivity index (χ1v) is 8.66. The molecule has 0 aliphatic rings. The first-order chi connectivity index (χ1) is 12.1. The molecular weight excluding hydrogens is 312 g/mol. The van der Waals surface area contributed by atoms with E-state index in [1.807, 2.05) is 68.4 Å². The van der Waals surface area contributed by atoms with Crippen molar-refractivity contribution in [2.75, 3.05) is 7.05 Å². The lowest BCUT2D eigenvalue weighted by atomic mass is 10.0. The Morgan fingerprint density at radius 2 is 1.68 bits per heavy atom. The van der Waals surface area contributed by atoms with Crippen LogP contribution in [0, 0.1) is 6.92 Å². The Labute approximate surface area is 149 Å². The van der Waals surface area contributed by atoms with Gasteiger partial charge in [0.2, 0.25) is 11.8 Å². The summed E-state index contributed by atoms with van der Waals surface area (Å²) in [4.78, 5) is 27.0. The molecule has 0 fully saturated rings. The van der Waals surface area contributed by atoms with Gasteiger partial charge < -0.3 is 10.2 Å². The molecule has 0 bridgehead atoms. The number of likely N-dealkylation sites (N-methyl/N-ethyl adjacent to an activating group) is 1. The largest absolute Gasteiger partial charge is 0.357 e. The van der Waals surface area contributed by atoms with Crippen LogP contribution in [0.15, 0.2) is 54.6 Å². The standard InChI is InChI=1S/C21H26N2O2/c1-4-19(21(25)22-3)23(15-17-11-6-5-7-12-17)20(24)14-18-13-9-8-10-16(18)2/h5-13,19H,4,14-15H2,1-3H3,(H,22,25)/t19-/m0/s1. The first kappa shape index (κ1) is 18.7. The number of amides is 2. The second-order valence-electron chi connectivity index (χ2n) is 6.15. The first-order valence-electron chi connectivity index (χ1n) is 8.66. The van der Waals surface area contributed by atoms with Gasteiger partial charge in [-0.3, -0.25) is 9.59 Å². The maximum Gasteiger partial charge on any atom is 0.242 e. The fraction of sp³-hybridized carbons (Fsp3) is 0.333. The van der Waals surface area contributed by atoms with Gasteiger partial charge in [0.25, 0.3) is 0 Å². The Morgan fingerprint density at radius 3 is 2.28 bits per heavy atom. The fourth-order valence-corrected chi connectivity index (χ4v) is 2.94. The van der Waals surface area contributed by atoms with Crippen molar-refractivity contribution >= 4 is 11.8 Å². The lowest BCUT2D eigenvalue weighted by Gasteiger charge is -2.30. The number of carbonyl (C=O) groups excluding carboxylic acids is 2. The van der Waals surface area contributed by atoms with E-state index in [-0.39, 0.29) is 11.8 Å². The van der Waals surface area contributed by atoms with Gasteiger partial charge >= 0.3 is 0 Å². The van der Waals surface area contributed by atoms with Gasteiger partial charge in [-0.2, -0.15) is 0 Å². The van der Waals surface area contributed by atoms with Crippen LogP contribution in [0.25, 0.3) is 0 Å². The summed E-state index contributed by atoms with van der Waals surface area (Å²) in [6, 6.07) is 17.2. The predicted octanol–water partition coefficient (Wildman–Crippen LogP) is 3.09. The summed E-state index contributed by atoms with van der Waals surface area (Å²) in [5, 5.41) is 2.68. The van der Waals surface area contributed by atoms with Crippen molar-refractivity contribution < 1.29 is 9.59 Å². The molecule has 0 aromatic heterocycles. The van der Waals surface area contributed by atoms with Gasteiger partial charge in [0, 0.05) is 13.6 Å². The van der Waals surface area contributed by atoms with Crippen molar-refractivity contribution in [3.8, 4) is 0 Å². The Morgan fingerprint density at radius 1 is 1.04 bits per heavy atom. The zero-order valence-corrected chi connectivity index (χ0v) is 15.2. The second kappa shape index (κ2) is 9.02. The third-order valence-corrected chi connectivity index (χ3v) is 4.43. The van der Waals surface area contributed by atoms with E-state index in [2.05, 4.69) is 5.32 Å². The van der Waals surface area contributed by atoms with Crippen molar-refractivity contribution in [1.82, 2.24) is 10.2 Å². The maximum absolute atomic E-state index is 13.0. The van der Waals surface area contributed by atoms with Crippen LogP contribution in [-0.2, 0) is 22.6 Å². The predicted molar refractivity (Wildman–Crippen MR) is 100 cm³/mol. The van der Waals surface area contributed by atoms with E-state index in [1.165, 1.54) is 0 Å². The zero-order chi connectivity index (χ0) is 18.2. The van der Waals surface area contributed by atoms with Gasteiger partial charge in [-0.05, 0) is 30.0 Å². The van der Waals surface area contributed by atoms with Crippen LogP contribution in [0.2, 0.25) is 0 Å². The summed E-state index contributed by atoms with van der Waals surface area (Å²) >= 11 is 0. The quantitative estimate of drug-likeness (QED) is 0.843. The van der Waals surface area contributed by atoms with Gasteiger partial charge in [-0.1, -0.05) is 61.5 Å². The summed E-state index contributed by atoms with van der Waals surface area (Å²) in [5.41, 5.74) is 3.10. The number of nitrogens with zero attached hydrogens (tertiary/aromatic N) is 1. The highest BCUT2D eigenvalue weighted by Crippen LogP contribution is 2.16. The number of benzene rings is 2. The van der Waals surface area contributed by atoms with Gasteiger partial charge in [-0.15, -0.1) is 0 Å². The van der Waals surface area contributed by atoms with Crippen molar-refractivity contribution in [3.05, 3.63) is 71.3 Å². The van der Waals surface area contributed by atoms with Crippen LogP contribution < -0.4 is 5.32 Å². The molecule has 2 aromatic rings. The molecule has 2 amide bonds. The third-order valence-electron chi connectivity index (χ3n) is 4.43. The summed E-state index contributed by atoms with van der Waals surface area (Å²) in [5.74, 6) is -0.162. The molecule has 4 heteroatoms. The van der Waals surface area contributed by atoms with Crippen LogP contribution in [0.1, 0.15) is 30.0 Å². The van der Waals surface area contributed by atoms with Crippen LogP contribution >= 0.6 is 0 Å². The Bertz CT molecular complexity index is 713. The van der Waals surface area contributed by atoms with E-state index in [1.54, 1.807) is 11.9 Å². The molecule has 132 valence electrons. The Hall–Kier alpha value is -2.62. The molecule has 0 saturated carbocycles. The second-order valence-corrected chi connectivity index (χ2v) is 6.15. The van der Waals surface area contributed by atoms with Crippen molar-refractivity contribution in [3.63, 3.8) is 0 Å². The molecule has 1 N–H and O–H groups in total. The molecule has 0 heterocycles. The van der Waals surface area contributed by atoms with Crippen molar-refractivity contribution in [2.45, 2.75) is 39.3 Å². The summed E-state index contributed by atoms with van der Waals surface area (Å²) in [6.45, 7) is 4.36. The average Bonchev–Trinajstić information content (AvgIpc) is 2.64. The molecule has 0 radical (unpaired) electrons. The Balaban J connectivity index is 2.27. The van der Waals surface area contributed by atoms with Gasteiger partial charge in [-0.25, -0.2) is 0 Å². The molecular formula is C21H26N2O2. The lowest BCUT2D eigenvalue weighted by molar-refractivity contribution is -0.140. The minimum atomic E-state index is -0.471. The Kier molecular flexibility index (Phi) is 6.75. The minimum absolute atomic E-state index is 0.0337. The fourth-order valence-electron chi connectivity index (χ4n) is 2.94. The summed E-state index contributed by atoms with van der Waals surface area (Å²) < 4.78 is 0. The summed E-state index contributed by atoms with van der Waals surface area (Å²) in [6.07, 6.45) is 0.874. The molecule has 0 unspecified atom stereocenters. The topological polar surface area (TPSA) is 49.4 Å². The normalized spacial score (nSPS) is 11.6. The van der Waals surface area contributed by atoms with E-state index in [9.17, 15) is 9.59 Å². The molecule has 0 aliphatic carbocycles. The highest BCUT2D eigenvalue weighted by molar-refractivity contribution is 5.88. The number of aryl methyl sites for hydroxylation is 1. The van der Waals surface area contributed by atoms with E-state index >= 15 is 0 Å². The zero-order valence-electron chi connectivity index (χ0n) is 15.2. The van der Waals surface area contributed by atoms with Crippen LogP contribution in [-0.4, -0.2) is 29.8 Å². The molecule has 1 atom stereocenters. The van der Waals surface area contributed by atoms with Gasteiger partial charge in [0.15, 0.2) is 0 Å². The van der Waals surface area contributed by atoms with Gasteiger partial charge in [0.1, 0.15) is 6.04 Å². The number of rotatable bonds is 7. The highest BCUT2D eigenvalue weighted by atomic mass is 16.2. The number of hydrogen-bond acceptors (Lipinski definition) is 2. The molecule has 25 heavy (non-hydrogen) atoms. The number of hydrogen-bond donors (Lipinski definition) is 1. The minimum Gasteiger partial charge on any atom is -0.357 e. The van der Waals surface area contributed by atoms with Crippen molar-refractivity contribution in [2.24, 2.45) is 0 Å². The van der Waals surface area contributed by atoms with E-state index in [0.717, 1.165) is 16.7 Å². The SMILES string of the molecule is CC[C@@H](C(=O)NC)N(Cc1ccccc1)C(=O)Cc1ccccc1C. The van der Waals surface area contributed by atoms with E-state index < -0.39 is 6.04 Å². The number of nitrogens with one attached hydrogen (secondary N) is 1. The molecule has 4 nitrogen and oxygen atoms in total. The number of carbonyl (C=O) groups is 2. The monoisotopic (exact) mass is 338 g/mol. The van der Waals surface area contributed by atoms with Crippen LogP contribution in [0.4, 0.5) is 0 Å². The van der Waals surface area contributed by atoms with Crippen molar-refractivity contribution in [1.29, 1.82) is 0 Å². The molecule has 2 rings (SSSR count). The lowest BCUT2D eigenvalue weighted by Crippen LogP contribution is -2.48. The van der Waals surface area contributed by atoms with Crippen LogP contribution in [0.3, 0.4) is 0 Å². The van der Waals surface area contributed by atoms with Gasteiger partial charge in [0.05, 0.1) is 6.42 Å². The molecule has 0 spiro atoms. The molecule has 0 saturated heterocycles. The van der Waals surface area contributed by atoms with E-state index in [0.29, 0.717) is 19.4 Å². The third kappa shape index (κ3) is 4.92. The smallest absolute Gasteiger partial charge is 0.242 e. The molecule has 0 aliphatic heterocycles. The molecule has 2 aromatic carbocycles. The van der Waals surface area contributed by atoms with Crippen LogP contribution in [0.5, 0.6) is 0 Å². The summed E-state index contributed by atoms with van der Waals surface area (Å²) in [7, 11) is 1.61. The van der Waals surface area contributed by atoms with E-state index in [4.69, 9.17) is 0 Å². The highest BCUT2D eigenvalue weighted by Gasteiger charge is 2.28. The maximum atomic E-state index is 13.0.